The number of rotatable bonds is 7. The van der Waals surface area contributed by atoms with E-state index >= 15 is 0 Å². The summed E-state index contributed by atoms with van der Waals surface area (Å²) in [7, 11) is -12.8. The first-order valence-electron chi connectivity index (χ1n) is 4.68. The van der Waals surface area contributed by atoms with Crippen molar-refractivity contribution in [3.63, 3.8) is 0 Å². The highest BCUT2D eigenvalue weighted by molar-refractivity contribution is 8.73. The summed E-state index contributed by atoms with van der Waals surface area (Å²) in [5.41, 5.74) is 0.329. The number of nitrogens with two attached hydrogens (primary N) is 1. The molecule has 8 nitrogen and oxygen atoms in total. The molecule has 0 bridgehead atoms. The molecule has 0 aromatic carbocycles. The van der Waals surface area contributed by atoms with Gasteiger partial charge < -0.3 is 10.5 Å². The van der Waals surface area contributed by atoms with Crippen LogP contribution in [0.5, 0.6) is 0 Å². The fraction of sp³-hybridized carbons (Fsp3) is 1.00. The molecule has 0 radical (unpaired) electrons. The van der Waals surface area contributed by atoms with Crippen molar-refractivity contribution < 1.29 is 30.0 Å². The summed E-state index contributed by atoms with van der Waals surface area (Å²) in [5.74, 6) is 0. The maximum atomic E-state index is 11.8. The normalized spacial score (nSPS) is 14.7. The number of ether oxygens (including phenoxy) is 1. The molecular weight excluding hydrogens is 322 g/mol. The fourth-order valence-electron chi connectivity index (χ4n) is 1.66. The van der Waals surface area contributed by atoms with Gasteiger partial charge in [-0.25, -0.2) is 25.3 Å². The van der Waals surface area contributed by atoms with Gasteiger partial charge >= 0.3 is 5.52 Å². The number of hydrogen-bond donors (Lipinski definition) is 1. The largest absolute Gasteiger partial charge is 0.454 e. The Morgan fingerprint density at radius 2 is 1.22 bits per heavy atom. The molecule has 0 heterocycles. The smallest absolute Gasteiger partial charge is 0.367 e. The maximum absolute atomic E-state index is 11.8. The maximum Gasteiger partial charge on any atom is 0.454 e. The summed E-state index contributed by atoms with van der Waals surface area (Å²) in [6.07, 6.45) is 1.89. The van der Waals surface area contributed by atoms with Gasteiger partial charge in [0.1, 0.15) is 0 Å². The quantitative estimate of drug-likeness (QED) is 0.319. The van der Waals surface area contributed by atoms with Gasteiger partial charge in [0.25, 0.3) is 0 Å². The molecule has 0 saturated heterocycles. The van der Waals surface area contributed by atoms with Crippen LogP contribution in [0.25, 0.3) is 0 Å². The molecular formula is C6H17NO7S3Si. The van der Waals surface area contributed by atoms with Gasteiger partial charge in [-0.3, -0.25) is 0 Å². The second kappa shape index (κ2) is 5.54. The van der Waals surface area contributed by atoms with Crippen LogP contribution in [0.15, 0.2) is 0 Å². The molecule has 0 aromatic heterocycles. The van der Waals surface area contributed by atoms with E-state index in [0.29, 0.717) is 18.8 Å². The van der Waals surface area contributed by atoms with Crippen LogP contribution in [0.3, 0.4) is 0 Å². The van der Waals surface area contributed by atoms with Gasteiger partial charge in [-0.1, -0.05) is 0 Å². The second-order valence-electron chi connectivity index (χ2n) is 3.82. The van der Waals surface area contributed by atoms with Crippen molar-refractivity contribution in [2.75, 3.05) is 32.1 Å². The minimum Gasteiger partial charge on any atom is -0.367 e. The number of hydrogen-bond acceptors (Lipinski definition) is 8. The summed E-state index contributed by atoms with van der Waals surface area (Å²) in [4.78, 5) is 0. The average Bonchev–Trinajstić information content (AvgIpc) is 2.05. The third kappa shape index (κ3) is 3.30. The van der Waals surface area contributed by atoms with E-state index in [1.807, 2.05) is 0 Å². The fourth-order valence-corrected chi connectivity index (χ4v) is 28.7. The van der Waals surface area contributed by atoms with Crippen LogP contribution in [0.2, 0.25) is 6.04 Å². The molecule has 110 valence electrons. The van der Waals surface area contributed by atoms with E-state index in [4.69, 9.17) is 10.5 Å². The highest BCUT2D eigenvalue weighted by Crippen LogP contribution is 2.28. The molecule has 0 fully saturated rings. The van der Waals surface area contributed by atoms with Crippen molar-refractivity contribution in [3.8, 4) is 0 Å². The molecule has 0 aliphatic carbocycles. The van der Waals surface area contributed by atoms with E-state index in [1.165, 1.54) is 0 Å². The molecule has 0 rings (SSSR count). The topological polar surface area (TPSA) is 138 Å². The van der Waals surface area contributed by atoms with Crippen LogP contribution < -0.4 is 5.73 Å². The monoisotopic (exact) mass is 339 g/mol. The summed E-state index contributed by atoms with van der Waals surface area (Å²) < 4.78 is 75.2. The Kier molecular flexibility index (Phi) is 5.54. The van der Waals surface area contributed by atoms with Crippen LogP contribution in [0.1, 0.15) is 0 Å². The minimum absolute atomic E-state index is 0.248. The van der Waals surface area contributed by atoms with Crippen LogP contribution in [-0.2, 0) is 32.6 Å². The molecule has 0 spiro atoms. The summed E-state index contributed by atoms with van der Waals surface area (Å²) in [6, 6.07) is -0.583. The van der Waals surface area contributed by atoms with Crippen molar-refractivity contribution in [1.82, 2.24) is 0 Å². The molecule has 0 aliphatic heterocycles. The van der Waals surface area contributed by atoms with Gasteiger partial charge in [0.2, 0.25) is 0 Å². The average molecular weight is 339 g/mol. The van der Waals surface area contributed by atoms with Crippen molar-refractivity contribution in [2.24, 2.45) is 5.73 Å². The molecule has 0 aromatic rings. The summed E-state index contributed by atoms with van der Waals surface area (Å²) in [6.45, 7) is -0.586. The van der Waals surface area contributed by atoms with E-state index in [9.17, 15) is 25.3 Å². The molecule has 18 heavy (non-hydrogen) atoms. The standard InChI is InChI=1S/C6H17NO7S3Si/c1-15(8,9)18(16(2,10)11,17(3,12)13)5-4-14-6-7/h4-7H2,1-3H3. The molecule has 0 saturated carbocycles. The second-order valence-corrected chi connectivity index (χ2v) is 25.6. The lowest BCUT2D eigenvalue weighted by Gasteiger charge is -2.24. The molecule has 0 unspecified atom stereocenters. The van der Waals surface area contributed by atoms with Gasteiger partial charge in [0.15, 0.2) is 27.9 Å². The zero-order valence-corrected chi connectivity index (χ0v) is 13.7. The van der Waals surface area contributed by atoms with E-state index in [1.54, 1.807) is 0 Å². The van der Waals surface area contributed by atoms with E-state index in [-0.39, 0.29) is 13.3 Å². The Balaban J connectivity index is 6.12. The zero-order chi connectivity index (χ0) is 14.8. The molecule has 0 atom stereocenters. The molecule has 2 N–H and O–H groups in total. The van der Waals surface area contributed by atoms with E-state index < -0.39 is 39.4 Å². The lowest BCUT2D eigenvalue weighted by molar-refractivity contribution is 0.155. The highest BCUT2D eigenvalue weighted by Gasteiger charge is 2.64. The van der Waals surface area contributed by atoms with Gasteiger partial charge in [-0.05, 0) is 0 Å². The Bertz CT molecular complexity index is 512. The van der Waals surface area contributed by atoms with Crippen LogP contribution in [-0.4, -0.2) is 62.9 Å². The Hall–Kier alpha value is -0.0131. The Labute approximate surface area is 107 Å². The van der Waals surface area contributed by atoms with E-state index in [0.717, 1.165) is 0 Å². The van der Waals surface area contributed by atoms with Gasteiger partial charge in [-0.15, -0.1) is 0 Å². The lowest BCUT2D eigenvalue weighted by Crippen LogP contribution is -2.58. The summed E-state index contributed by atoms with van der Waals surface area (Å²) in [5, 5.41) is 0. The van der Waals surface area contributed by atoms with Crippen molar-refractivity contribution in [3.05, 3.63) is 0 Å². The molecule has 12 heteroatoms. The van der Waals surface area contributed by atoms with Crippen molar-refractivity contribution >= 4 is 33.4 Å². The summed E-state index contributed by atoms with van der Waals surface area (Å²) >= 11 is 0. The predicted octanol–water partition coefficient (Wildman–Crippen LogP) is -2.01. The SMILES string of the molecule is CS(=O)(=O)[Si](CCOCN)(S(C)(=O)=O)S(C)(=O)=O. The predicted molar refractivity (Wildman–Crippen MR) is 70.1 cm³/mol. The Morgan fingerprint density at radius 3 is 1.44 bits per heavy atom. The Morgan fingerprint density at radius 1 is 0.889 bits per heavy atom. The third-order valence-corrected chi connectivity index (χ3v) is 34.9. The molecule has 0 aliphatic rings. The van der Waals surface area contributed by atoms with Crippen molar-refractivity contribution in [1.29, 1.82) is 0 Å². The van der Waals surface area contributed by atoms with Gasteiger partial charge in [-0.2, -0.15) is 0 Å². The first kappa shape index (κ1) is 18.0. The lowest BCUT2D eigenvalue weighted by atomic mass is 10.9. The first-order valence-corrected chi connectivity index (χ1v) is 14.7. The third-order valence-electron chi connectivity index (χ3n) is 2.37. The highest BCUT2D eigenvalue weighted by atomic mass is 32.8. The minimum atomic E-state index is -4.70. The zero-order valence-electron chi connectivity index (χ0n) is 10.3. The molecule has 0 amide bonds. The van der Waals surface area contributed by atoms with Gasteiger partial charge in [0.05, 0.1) is 6.73 Å². The van der Waals surface area contributed by atoms with Crippen LogP contribution >= 0.6 is 0 Å². The van der Waals surface area contributed by atoms with Gasteiger partial charge in [0, 0.05) is 31.4 Å². The first-order chi connectivity index (χ1) is 7.81. The van der Waals surface area contributed by atoms with E-state index in [2.05, 4.69) is 0 Å². The van der Waals surface area contributed by atoms with Crippen molar-refractivity contribution in [2.45, 2.75) is 6.04 Å². The van der Waals surface area contributed by atoms with Crippen LogP contribution in [0.4, 0.5) is 0 Å². The van der Waals surface area contributed by atoms with Crippen LogP contribution in [0, 0.1) is 0 Å².